The molecule has 1 aromatic carbocycles. The van der Waals surface area contributed by atoms with Crippen LogP contribution >= 0.6 is 0 Å². The van der Waals surface area contributed by atoms with Gasteiger partial charge in [-0.05, 0) is 25.0 Å². The highest BCUT2D eigenvalue weighted by Crippen LogP contribution is 2.35. The zero-order valence-corrected chi connectivity index (χ0v) is 12.0. The van der Waals surface area contributed by atoms with Gasteiger partial charge in [0.1, 0.15) is 17.8 Å². The summed E-state index contributed by atoms with van der Waals surface area (Å²) in [7, 11) is 0. The van der Waals surface area contributed by atoms with Crippen molar-refractivity contribution in [1.82, 2.24) is 5.32 Å². The van der Waals surface area contributed by atoms with E-state index in [9.17, 15) is 9.59 Å². The second-order valence-electron chi connectivity index (χ2n) is 5.21. The molecule has 3 rings (SSSR count). The fourth-order valence-electron chi connectivity index (χ4n) is 2.24. The highest BCUT2D eigenvalue weighted by Gasteiger charge is 2.29. The number of rotatable bonds is 5. The molecule has 1 saturated carbocycles. The number of fused-ring (bicyclic) bond motifs is 1. The lowest BCUT2D eigenvalue weighted by atomic mass is 10.2. The number of anilines is 1. The first-order valence-corrected chi connectivity index (χ1v) is 7.12. The molecule has 7 heteroatoms. The number of hydrogen-bond acceptors (Lipinski definition) is 5. The van der Waals surface area contributed by atoms with Gasteiger partial charge in [0.25, 0.3) is 0 Å². The van der Waals surface area contributed by atoms with Crippen molar-refractivity contribution in [1.29, 1.82) is 0 Å². The van der Waals surface area contributed by atoms with Crippen molar-refractivity contribution in [3.05, 3.63) is 30.7 Å². The summed E-state index contributed by atoms with van der Waals surface area (Å²) in [6.45, 7) is 1.12. The molecule has 1 heterocycles. The Morgan fingerprint density at radius 2 is 2.23 bits per heavy atom. The number of nitrogens with zero attached hydrogens (tertiary/aromatic N) is 1. The Morgan fingerprint density at radius 1 is 1.41 bits per heavy atom. The van der Waals surface area contributed by atoms with Crippen molar-refractivity contribution in [3.8, 4) is 11.5 Å². The summed E-state index contributed by atoms with van der Waals surface area (Å²) in [6.07, 6.45) is 4.44. The molecular formula is C15H17N3O4. The van der Waals surface area contributed by atoms with Crippen LogP contribution in [-0.4, -0.2) is 25.1 Å². The molecule has 1 aliphatic heterocycles. The summed E-state index contributed by atoms with van der Waals surface area (Å²) in [4.78, 5) is 24.4. The molecule has 0 aromatic heterocycles. The van der Waals surface area contributed by atoms with E-state index in [1.54, 1.807) is 30.7 Å². The lowest BCUT2D eigenvalue weighted by Gasteiger charge is -2.26. The maximum absolute atomic E-state index is 11.6. The van der Waals surface area contributed by atoms with Crippen LogP contribution < -0.4 is 25.4 Å². The lowest BCUT2D eigenvalue weighted by Crippen LogP contribution is -2.34. The third-order valence-corrected chi connectivity index (χ3v) is 3.49. The molecule has 0 spiro atoms. The highest BCUT2D eigenvalue weighted by molar-refractivity contribution is 5.80. The maximum atomic E-state index is 11.6. The molecule has 0 atom stereocenters. The Bertz CT molecular complexity index is 625. The first kappa shape index (κ1) is 14.2. The van der Waals surface area contributed by atoms with E-state index in [2.05, 4.69) is 5.32 Å². The molecule has 1 fully saturated rings. The molecule has 2 aliphatic rings. The zero-order chi connectivity index (χ0) is 15.5. The Kier molecular flexibility index (Phi) is 3.86. The number of nitrogens with one attached hydrogen (secondary N) is 1. The van der Waals surface area contributed by atoms with Gasteiger partial charge in [0.15, 0.2) is 0 Å². The van der Waals surface area contributed by atoms with Crippen LogP contribution in [0.15, 0.2) is 30.7 Å². The van der Waals surface area contributed by atoms with Crippen molar-refractivity contribution in [2.24, 2.45) is 11.7 Å². The van der Waals surface area contributed by atoms with Gasteiger partial charge in [0.2, 0.25) is 5.91 Å². The number of hydrogen-bond donors (Lipinski definition) is 2. The Labute approximate surface area is 127 Å². The number of benzene rings is 1. The quantitative estimate of drug-likeness (QED) is 0.856. The Hall–Kier alpha value is -2.70. The molecule has 1 aliphatic carbocycles. The van der Waals surface area contributed by atoms with Crippen molar-refractivity contribution in [3.63, 3.8) is 0 Å². The van der Waals surface area contributed by atoms with Gasteiger partial charge < -0.3 is 25.4 Å². The molecular weight excluding hydrogens is 286 g/mol. The van der Waals surface area contributed by atoms with Crippen molar-refractivity contribution >= 4 is 17.7 Å². The highest BCUT2D eigenvalue weighted by atomic mass is 16.5. The zero-order valence-electron chi connectivity index (χ0n) is 12.0. The summed E-state index contributed by atoms with van der Waals surface area (Å²) in [5.74, 6) is 1.30. The topological polar surface area (TPSA) is 93.9 Å². The van der Waals surface area contributed by atoms with Crippen molar-refractivity contribution in [2.45, 2.75) is 12.8 Å². The number of primary amides is 1. The maximum Gasteiger partial charge on any atom is 0.409 e. The SMILES string of the molecule is NC(=O)Oc1ccc2c(c1)N(CCNC(=O)C1CC1)C=CO2. The van der Waals surface area contributed by atoms with Crippen LogP contribution in [0.5, 0.6) is 11.5 Å². The van der Waals surface area contributed by atoms with E-state index in [1.165, 1.54) is 0 Å². The Morgan fingerprint density at radius 3 is 2.95 bits per heavy atom. The smallest absolute Gasteiger partial charge is 0.409 e. The van der Waals surface area contributed by atoms with E-state index in [4.69, 9.17) is 15.2 Å². The van der Waals surface area contributed by atoms with Gasteiger partial charge in [0, 0.05) is 31.3 Å². The predicted octanol–water partition coefficient (Wildman–Crippen LogP) is 1.34. The summed E-state index contributed by atoms with van der Waals surface area (Å²) in [5.41, 5.74) is 5.77. The number of nitrogens with two attached hydrogens (primary N) is 1. The third-order valence-electron chi connectivity index (χ3n) is 3.49. The molecule has 2 amide bonds. The van der Waals surface area contributed by atoms with Gasteiger partial charge in [-0.2, -0.15) is 0 Å². The fourth-order valence-corrected chi connectivity index (χ4v) is 2.24. The largest absolute Gasteiger partial charge is 0.461 e. The second kappa shape index (κ2) is 5.97. The van der Waals surface area contributed by atoms with E-state index in [0.717, 1.165) is 18.5 Å². The van der Waals surface area contributed by atoms with E-state index >= 15 is 0 Å². The molecule has 7 nitrogen and oxygen atoms in total. The minimum absolute atomic E-state index is 0.114. The first-order chi connectivity index (χ1) is 10.6. The standard InChI is InChI=1S/C15H17N3O4/c16-15(20)22-11-3-4-13-12(9-11)18(7-8-21-13)6-5-17-14(19)10-1-2-10/h3-4,7-10H,1-2,5-6H2,(H2,16,20)(H,17,19). The monoisotopic (exact) mass is 303 g/mol. The lowest BCUT2D eigenvalue weighted by molar-refractivity contribution is -0.122. The van der Waals surface area contributed by atoms with Crippen LogP contribution in [0.4, 0.5) is 10.5 Å². The van der Waals surface area contributed by atoms with Gasteiger partial charge >= 0.3 is 6.09 Å². The van der Waals surface area contributed by atoms with E-state index in [-0.39, 0.29) is 11.8 Å². The van der Waals surface area contributed by atoms with Gasteiger partial charge in [-0.3, -0.25) is 4.79 Å². The van der Waals surface area contributed by atoms with Gasteiger partial charge in [-0.1, -0.05) is 0 Å². The van der Waals surface area contributed by atoms with Crippen LogP contribution in [0.3, 0.4) is 0 Å². The van der Waals surface area contributed by atoms with Crippen LogP contribution in [0.25, 0.3) is 0 Å². The summed E-state index contributed by atoms with van der Waals surface area (Å²) in [5, 5.41) is 2.91. The molecule has 0 radical (unpaired) electrons. The molecule has 116 valence electrons. The molecule has 3 N–H and O–H groups in total. The molecule has 0 unspecified atom stereocenters. The Balaban J connectivity index is 1.64. The van der Waals surface area contributed by atoms with Gasteiger partial charge in [-0.25, -0.2) is 4.79 Å². The first-order valence-electron chi connectivity index (χ1n) is 7.12. The normalized spacial score (nSPS) is 15.7. The summed E-state index contributed by atoms with van der Waals surface area (Å²) < 4.78 is 10.3. The predicted molar refractivity (Wildman–Crippen MR) is 79.5 cm³/mol. The molecule has 0 saturated heterocycles. The molecule has 0 bridgehead atoms. The summed E-state index contributed by atoms with van der Waals surface area (Å²) >= 11 is 0. The fraction of sp³-hybridized carbons (Fsp3) is 0.333. The molecule has 22 heavy (non-hydrogen) atoms. The van der Waals surface area contributed by atoms with Crippen LogP contribution in [-0.2, 0) is 4.79 Å². The van der Waals surface area contributed by atoms with Gasteiger partial charge in [-0.15, -0.1) is 0 Å². The number of carbonyl (C=O) groups excluding carboxylic acids is 2. The average Bonchev–Trinajstić information content (AvgIpc) is 3.31. The van der Waals surface area contributed by atoms with E-state index in [1.807, 2.05) is 4.90 Å². The van der Waals surface area contributed by atoms with Crippen molar-refractivity contribution < 1.29 is 19.1 Å². The van der Waals surface area contributed by atoms with Gasteiger partial charge in [0.05, 0.1) is 5.69 Å². The minimum atomic E-state index is -0.865. The number of amides is 2. The van der Waals surface area contributed by atoms with Crippen LogP contribution in [0, 0.1) is 5.92 Å². The van der Waals surface area contributed by atoms with Crippen LogP contribution in [0.1, 0.15) is 12.8 Å². The summed E-state index contributed by atoms with van der Waals surface area (Å²) in [6, 6.07) is 4.98. The van der Waals surface area contributed by atoms with E-state index in [0.29, 0.717) is 24.6 Å². The number of ether oxygens (including phenoxy) is 2. The second-order valence-corrected chi connectivity index (χ2v) is 5.21. The minimum Gasteiger partial charge on any atom is -0.461 e. The third kappa shape index (κ3) is 3.30. The van der Waals surface area contributed by atoms with Crippen LogP contribution in [0.2, 0.25) is 0 Å². The van der Waals surface area contributed by atoms with Crippen molar-refractivity contribution in [2.75, 3.05) is 18.0 Å². The number of carbonyl (C=O) groups is 2. The average molecular weight is 303 g/mol. The van der Waals surface area contributed by atoms with E-state index < -0.39 is 6.09 Å². The molecule has 1 aromatic rings.